The number of rotatable bonds is 9. The van der Waals surface area contributed by atoms with Crippen molar-refractivity contribution in [3.8, 4) is 11.8 Å². The van der Waals surface area contributed by atoms with Crippen molar-refractivity contribution in [2.75, 3.05) is 18.1 Å². The quantitative estimate of drug-likeness (QED) is 0.327. The van der Waals surface area contributed by atoms with Crippen molar-refractivity contribution in [3.63, 3.8) is 0 Å². The molecule has 2 N–H and O–H groups in total. The Labute approximate surface area is 196 Å². The highest BCUT2D eigenvalue weighted by Gasteiger charge is 2.39. The predicted octanol–water partition coefficient (Wildman–Crippen LogP) is 3.82. The zero-order valence-electron chi connectivity index (χ0n) is 17.3. The lowest BCUT2D eigenvalue weighted by molar-refractivity contribution is -0.141. The minimum atomic E-state index is -1.05. The van der Waals surface area contributed by atoms with Gasteiger partial charge in [0.25, 0.3) is 5.91 Å². The summed E-state index contributed by atoms with van der Waals surface area (Å²) in [6, 6.07) is 17.3. The molecule has 1 amide bonds. The molecule has 0 saturated carbocycles. The number of anilines is 1. The summed E-state index contributed by atoms with van der Waals surface area (Å²) in [5.41, 5.74) is 2.66. The van der Waals surface area contributed by atoms with Crippen LogP contribution in [0.15, 0.2) is 54.6 Å². The molecule has 6 nitrogen and oxygen atoms in total. The molecule has 0 aromatic heterocycles. The van der Waals surface area contributed by atoms with E-state index in [-0.39, 0.29) is 17.9 Å². The SMILES string of the molecule is O=C(O)COCC#CCC1SC(Cl)C(=O)N1c1ccc(C(O)CCc2ccccc2)cc1. The van der Waals surface area contributed by atoms with Crippen LogP contribution in [0.4, 0.5) is 5.69 Å². The molecule has 1 heterocycles. The number of thioether (sulfide) groups is 1. The van der Waals surface area contributed by atoms with Gasteiger partial charge in [-0.05, 0) is 36.1 Å². The number of alkyl halides is 1. The number of carbonyl (C=O) groups excluding carboxylic acids is 1. The number of carboxylic acids is 1. The summed E-state index contributed by atoms with van der Waals surface area (Å²) in [5, 5.41) is 18.8. The summed E-state index contributed by atoms with van der Waals surface area (Å²) in [7, 11) is 0. The van der Waals surface area contributed by atoms with Gasteiger partial charge in [-0.2, -0.15) is 0 Å². The molecule has 1 fully saturated rings. The summed E-state index contributed by atoms with van der Waals surface area (Å²) in [6.45, 7) is -0.387. The number of aliphatic hydroxyl groups is 1. The van der Waals surface area contributed by atoms with Crippen LogP contribution in [-0.4, -0.2) is 45.4 Å². The van der Waals surface area contributed by atoms with Crippen LogP contribution in [0.2, 0.25) is 0 Å². The lowest BCUT2D eigenvalue weighted by Crippen LogP contribution is -2.33. The summed E-state index contributed by atoms with van der Waals surface area (Å²) in [6.07, 6.45) is 1.15. The van der Waals surface area contributed by atoms with Gasteiger partial charge in [0.1, 0.15) is 13.2 Å². The van der Waals surface area contributed by atoms with Gasteiger partial charge in [0.15, 0.2) is 4.71 Å². The van der Waals surface area contributed by atoms with Gasteiger partial charge in [0.05, 0.1) is 11.5 Å². The second-order valence-electron chi connectivity index (χ2n) is 7.19. The maximum atomic E-state index is 12.6. The number of amides is 1. The van der Waals surface area contributed by atoms with E-state index in [9.17, 15) is 14.7 Å². The Morgan fingerprint density at radius 1 is 1.16 bits per heavy atom. The van der Waals surface area contributed by atoms with Crippen molar-refractivity contribution in [1.29, 1.82) is 0 Å². The fourth-order valence-electron chi connectivity index (χ4n) is 3.31. The van der Waals surface area contributed by atoms with E-state index in [1.54, 1.807) is 4.90 Å². The zero-order chi connectivity index (χ0) is 22.9. The number of halogens is 1. The molecule has 1 saturated heterocycles. The number of aliphatic hydroxyl groups excluding tert-OH is 1. The van der Waals surface area contributed by atoms with E-state index in [1.807, 2.05) is 54.6 Å². The highest BCUT2D eigenvalue weighted by Crippen LogP contribution is 2.39. The van der Waals surface area contributed by atoms with Gasteiger partial charge in [-0.15, -0.1) is 23.4 Å². The topological polar surface area (TPSA) is 87.1 Å². The van der Waals surface area contributed by atoms with Gasteiger partial charge in [-0.1, -0.05) is 54.3 Å². The first-order valence-electron chi connectivity index (χ1n) is 10.2. The molecule has 0 spiro atoms. The first kappa shape index (κ1) is 24.1. The van der Waals surface area contributed by atoms with Gasteiger partial charge in [-0.25, -0.2) is 4.79 Å². The summed E-state index contributed by atoms with van der Waals surface area (Å²) in [5.74, 6) is 4.43. The van der Waals surface area contributed by atoms with E-state index >= 15 is 0 Å². The van der Waals surface area contributed by atoms with E-state index < -0.39 is 23.4 Å². The molecule has 32 heavy (non-hydrogen) atoms. The first-order chi connectivity index (χ1) is 15.5. The lowest BCUT2D eigenvalue weighted by atomic mass is 10.0. The van der Waals surface area contributed by atoms with Crippen LogP contribution >= 0.6 is 23.4 Å². The fourth-order valence-corrected chi connectivity index (χ4v) is 4.81. The lowest BCUT2D eigenvalue weighted by Gasteiger charge is -2.23. The maximum Gasteiger partial charge on any atom is 0.329 e. The Bertz CT molecular complexity index is 973. The van der Waals surface area contributed by atoms with Gasteiger partial charge in [-0.3, -0.25) is 9.69 Å². The average molecular weight is 474 g/mol. The summed E-state index contributed by atoms with van der Waals surface area (Å²) < 4.78 is 4.19. The van der Waals surface area contributed by atoms with Gasteiger partial charge < -0.3 is 14.9 Å². The summed E-state index contributed by atoms with van der Waals surface area (Å²) >= 11 is 7.49. The minimum Gasteiger partial charge on any atom is -0.480 e. The van der Waals surface area contributed by atoms with Crippen LogP contribution in [0.1, 0.15) is 30.1 Å². The monoisotopic (exact) mass is 473 g/mol. The molecule has 0 aliphatic carbocycles. The van der Waals surface area contributed by atoms with Crippen molar-refractivity contribution in [3.05, 3.63) is 65.7 Å². The van der Waals surface area contributed by atoms with E-state index in [0.29, 0.717) is 18.5 Å². The summed E-state index contributed by atoms with van der Waals surface area (Å²) in [4.78, 5) is 24.6. The Morgan fingerprint density at radius 3 is 2.56 bits per heavy atom. The van der Waals surface area contributed by atoms with E-state index in [2.05, 4.69) is 11.8 Å². The zero-order valence-corrected chi connectivity index (χ0v) is 18.9. The number of hydrogen-bond donors (Lipinski definition) is 2. The third kappa shape index (κ3) is 6.75. The molecule has 3 unspecified atom stereocenters. The van der Waals surface area contributed by atoms with E-state index in [0.717, 1.165) is 12.0 Å². The number of hydrogen-bond acceptors (Lipinski definition) is 5. The van der Waals surface area contributed by atoms with Crippen LogP contribution in [-0.2, 0) is 20.7 Å². The van der Waals surface area contributed by atoms with Gasteiger partial charge in [0.2, 0.25) is 0 Å². The Kier molecular flexibility index (Phi) is 9.00. The molecule has 168 valence electrons. The Balaban J connectivity index is 1.60. The molecule has 3 atom stereocenters. The second kappa shape index (κ2) is 11.9. The highest BCUT2D eigenvalue weighted by molar-refractivity contribution is 8.03. The Hall–Kier alpha value is -2.50. The smallest absolute Gasteiger partial charge is 0.329 e. The molecule has 2 aromatic carbocycles. The molecule has 8 heteroatoms. The van der Waals surface area contributed by atoms with Crippen molar-refractivity contribution >= 4 is 40.9 Å². The number of benzene rings is 2. The molecular formula is C24H24ClNO5S. The molecular weight excluding hydrogens is 450 g/mol. The van der Waals surface area contributed by atoms with Crippen LogP contribution in [0.3, 0.4) is 0 Å². The largest absolute Gasteiger partial charge is 0.480 e. The minimum absolute atomic E-state index is 0.0114. The number of aliphatic carboxylic acids is 1. The fraction of sp³-hybridized carbons (Fsp3) is 0.333. The molecule has 1 aliphatic rings. The molecule has 2 aromatic rings. The number of aryl methyl sites for hydroxylation is 1. The number of carbonyl (C=O) groups is 2. The van der Waals surface area contributed by atoms with Crippen LogP contribution in [0.5, 0.6) is 0 Å². The van der Waals surface area contributed by atoms with E-state index in [1.165, 1.54) is 17.3 Å². The number of ether oxygens (including phenoxy) is 1. The molecule has 1 aliphatic heterocycles. The third-order valence-electron chi connectivity index (χ3n) is 4.90. The third-order valence-corrected chi connectivity index (χ3v) is 6.53. The molecule has 0 radical (unpaired) electrons. The number of nitrogens with zero attached hydrogens (tertiary/aromatic N) is 1. The predicted molar refractivity (Wildman–Crippen MR) is 126 cm³/mol. The van der Waals surface area contributed by atoms with Crippen molar-refractivity contribution < 1.29 is 24.5 Å². The standard InChI is InChI=1S/C24H24ClNO5S/c25-23-24(30)26(21(32-23)8-4-5-15-31-16-22(28)29)19-12-10-18(11-13-19)20(27)14-9-17-6-2-1-3-7-17/h1-3,6-7,10-13,20-21,23,27H,8-9,14-16H2,(H,28,29). The molecule has 0 bridgehead atoms. The van der Waals surface area contributed by atoms with E-state index in [4.69, 9.17) is 21.4 Å². The number of carboxylic acid groups (broad SMARTS) is 1. The Morgan fingerprint density at radius 2 is 1.88 bits per heavy atom. The van der Waals surface area contributed by atoms with Crippen LogP contribution in [0, 0.1) is 11.8 Å². The van der Waals surface area contributed by atoms with Crippen LogP contribution < -0.4 is 4.90 Å². The highest BCUT2D eigenvalue weighted by atomic mass is 35.5. The van der Waals surface area contributed by atoms with Gasteiger partial charge >= 0.3 is 5.97 Å². The second-order valence-corrected chi connectivity index (χ2v) is 9.17. The normalized spacial score (nSPS) is 18.8. The van der Waals surface area contributed by atoms with Crippen molar-refractivity contribution in [2.45, 2.75) is 35.4 Å². The maximum absolute atomic E-state index is 12.6. The first-order valence-corrected chi connectivity index (χ1v) is 11.5. The molecule has 3 rings (SSSR count). The van der Waals surface area contributed by atoms with Crippen molar-refractivity contribution in [1.82, 2.24) is 0 Å². The van der Waals surface area contributed by atoms with Gasteiger partial charge in [0, 0.05) is 12.1 Å². The van der Waals surface area contributed by atoms with Crippen LogP contribution in [0.25, 0.3) is 0 Å². The average Bonchev–Trinajstić information content (AvgIpc) is 3.08. The van der Waals surface area contributed by atoms with Crippen molar-refractivity contribution in [2.24, 2.45) is 0 Å².